The Balaban J connectivity index is 2.22. The Morgan fingerprint density at radius 3 is 2.52 bits per heavy atom. The van der Waals surface area contributed by atoms with Crippen molar-refractivity contribution < 1.29 is 9.90 Å². The lowest BCUT2D eigenvalue weighted by atomic mass is 9.86. The van der Waals surface area contributed by atoms with Crippen LogP contribution < -0.4 is 0 Å². The summed E-state index contributed by atoms with van der Waals surface area (Å²) in [6.07, 6.45) is 10.1. The summed E-state index contributed by atoms with van der Waals surface area (Å²) in [5, 5.41) is 9.96. The van der Waals surface area contributed by atoms with Gasteiger partial charge in [-0.1, -0.05) is 62.1 Å². The molecule has 0 aliphatic heterocycles. The molecule has 1 amide bonds. The van der Waals surface area contributed by atoms with Crippen molar-refractivity contribution in [1.29, 1.82) is 0 Å². The van der Waals surface area contributed by atoms with Gasteiger partial charge in [0.2, 0.25) is 5.91 Å². The highest BCUT2D eigenvalue weighted by Crippen LogP contribution is 2.28. The van der Waals surface area contributed by atoms with Gasteiger partial charge in [0.15, 0.2) is 0 Å². The molecule has 2 atom stereocenters. The number of aliphatic hydroxyl groups is 1. The molecule has 3 heteroatoms. The summed E-state index contributed by atoms with van der Waals surface area (Å²) in [7, 11) is 0. The van der Waals surface area contributed by atoms with E-state index in [2.05, 4.69) is 44.3 Å². The third kappa shape index (κ3) is 5.54. The van der Waals surface area contributed by atoms with E-state index in [0.29, 0.717) is 13.0 Å². The topological polar surface area (TPSA) is 40.5 Å². The van der Waals surface area contributed by atoms with E-state index in [1.165, 1.54) is 0 Å². The monoisotopic (exact) mass is 365 g/mol. The molecule has 3 nitrogen and oxygen atoms in total. The van der Waals surface area contributed by atoms with Crippen molar-refractivity contribution in [1.82, 2.24) is 4.90 Å². The Kier molecular flexibility index (Phi) is 7.81. The minimum absolute atomic E-state index is 0.0774. The minimum Gasteiger partial charge on any atom is -0.393 e. The van der Waals surface area contributed by atoms with Crippen molar-refractivity contribution in [3.63, 3.8) is 0 Å². The van der Waals surface area contributed by atoms with Crippen LogP contribution in [0.1, 0.15) is 50.7 Å². The van der Waals surface area contributed by atoms with Gasteiger partial charge in [0.05, 0.1) is 12.6 Å². The maximum atomic E-state index is 13.2. The molecule has 0 aromatic heterocycles. The number of rotatable bonds is 7. The highest BCUT2D eigenvalue weighted by Gasteiger charge is 2.30. The van der Waals surface area contributed by atoms with Gasteiger partial charge >= 0.3 is 0 Å². The first-order valence-corrected chi connectivity index (χ1v) is 9.67. The van der Waals surface area contributed by atoms with Gasteiger partial charge in [0.25, 0.3) is 0 Å². The van der Waals surface area contributed by atoms with Crippen LogP contribution >= 0.6 is 0 Å². The summed E-state index contributed by atoms with van der Waals surface area (Å²) < 4.78 is 0. The number of aliphatic hydroxyl groups excluding tert-OH is 1. The molecule has 1 aromatic rings. The second kappa shape index (κ2) is 10.1. The molecule has 1 N–H and O–H groups in total. The highest BCUT2D eigenvalue weighted by molar-refractivity contribution is 5.81. The number of hydrogen-bond donors (Lipinski definition) is 1. The van der Waals surface area contributed by atoms with Gasteiger partial charge in [-0.15, -0.1) is 0 Å². The predicted octanol–water partition coefficient (Wildman–Crippen LogP) is 5.25. The van der Waals surface area contributed by atoms with Gasteiger partial charge in [-0.05, 0) is 55.9 Å². The highest BCUT2D eigenvalue weighted by atomic mass is 16.3. The van der Waals surface area contributed by atoms with Crippen LogP contribution in [0.2, 0.25) is 0 Å². The molecule has 1 aromatic carbocycles. The van der Waals surface area contributed by atoms with Crippen LogP contribution in [0.25, 0.3) is 5.57 Å². The molecule has 0 bridgehead atoms. The standard InChI is InChI=1S/C24H31NO2/c1-5-9-18(4)20-14-12-19(13-15-20)17-25(22(6-2)7-3)24(27)21-10-8-11-23(26)16-21/h5-7,9,12-15,21,23,26H,1-2,8,10-11,16-17H2,3-4H3/b18-9+,22-7+/t21-,23+/m1/s1. The molecule has 2 rings (SSSR count). The van der Waals surface area contributed by atoms with Crippen molar-refractivity contribution >= 4 is 11.5 Å². The summed E-state index contributed by atoms with van der Waals surface area (Å²) >= 11 is 0. The van der Waals surface area contributed by atoms with Gasteiger partial charge in [0, 0.05) is 11.6 Å². The fourth-order valence-corrected chi connectivity index (χ4v) is 3.62. The van der Waals surface area contributed by atoms with Crippen molar-refractivity contribution in [2.45, 2.75) is 52.2 Å². The Morgan fingerprint density at radius 1 is 1.26 bits per heavy atom. The molecule has 1 aliphatic rings. The van der Waals surface area contributed by atoms with E-state index in [9.17, 15) is 9.90 Å². The molecule has 144 valence electrons. The molecule has 0 saturated heterocycles. The van der Waals surface area contributed by atoms with Gasteiger partial charge in [-0.25, -0.2) is 0 Å². The number of nitrogens with zero attached hydrogens (tertiary/aromatic N) is 1. The number of amides is 1. The molecular weight excluding hydrogens is 334 g/mol. The van der Waals surface area contributed by atoms with Crippen LogP contribution in [0.4, 0.5) is 0 Å². The van der Waals surface area contributed by atoms with Crippen molar-refractivity contribution in [2.24, 2.45) is 5.92 Å². The summed E-state index contributed by atoms with van der Waals surface area (Å²) in [6, 6.07) is 8.26. The first kappa shape index (κ1) is 20.9. The van der Waals surface area contributed by atoms with E-state index in [4.69, 9.17) is 0 Å². The normalized spacial score (nSPS) is 20.9. The van der Waals surface area contributed by atoms with E-state index in [1.807, 2.05) is 19.1 Å². The molecule has 0 unspecified atom stereocenters. The van der Waals surface area contributed by atoms with Crippen LogP contribution in [-0.2, 0) is 11.3 Å². The maximum absolute atomic E-state index is 13.2. The van der Waals surface area contributed by atoms with E-state index in [1.54, 1.807) is 17.1 Å². The van der Waals surface area contributed by atoms with E-state index >= 15 is 0 Å². The van der Waals surface area contributed by atoms with E-state index in [0.717, 1.165) is 41.7 Å². The third-order valence-electron chi connectivity index (χ3n) is 5.20. The number of carbonyl (C=O) groups is 1. The number of carbonyl (C=O) groups excluding carboxylic acids is 1. The smallest absolute Gasteiger partial charge is 0.230 e. The van der Waals surface area contributed by atoms with E-state index in [-0.39, 0.29) is 17.9 Å². The molecule has 1 saturated carbocycles. The van der Waals surface area contributed by atoms with Gasteiger partial charge in [0.1, 0.15) is 0 Å². The summed E-state index contributed by atoms with van der Waals surface area (Å²) in [4.78, 5) is 15.0. The fraction of sp³-hybridized carbons (Fsp3) is 0.375. The quantitative estimate of drug-likeness (QED) is 0.671. The lowest BCUT2D eigenvalue weighted by Gasteiger charge is -2.31. The average molecular weight is 366 g/mol. The van der Waals surface area contributed by atoms with Crippen LogP contribution in [0, 0.1) is 5.92 Å². The second-order valence-electron chi connectivity index (χ2n) is 7.14. The summed E-state index contributed by atoms with van der Waals surface area (Å²) in [5.74, 6) is -0.0470. The molecular formula is C24H31NO2. The lowest BCUT2D eigenvalue weighted by Crippen LogP contribution is -2.37. The molecule has 1 fully saturated rings. The first-order valence-electron chi connectivity index (χ1n) is 9.67. The van der Waals surface area contributed by atoms with E-state index < -0.39 is 0 Å². The minimum atomic E-state index is -0.369. The van der Waals surface area contributed by atoms with Crippen LogP contribution in [0.5, 0.6) is 0 Å². The lowest BCUT2D eigenvalue weighted by molar-refractivity contribution is -0.136. The zero-order valence-corrected chi connectivity index (χ0v) is 16.5. The van der Waals surface area contributed by atoms with Crippen molar-refractivity contribution in [3.8, 4) is 0 Å². The summed E-state index contributed by atoms with van der Waals surface area (Å²) in [6.45, 7) is 12.1. The molecule has 0 radical (unpaired) electrons. The Hall–Kier alpha value is -2.39. The fourth-order valence-electron chi connectivity index (χ4n) is 3.62. The summed E-state index contributed by atoms with van der Waals surface area (Å²) in [5.41, 5.74) is 4.17. The van der Waals surface area contributed by atoms with Gasteiger partial charge in [-0.3, -0.25) is 4.79 Å². The Labute approximate surface area is 163 Å². The number of benzene rings is 1. The Bertz CT molecular complexity index is 727. The van der Waals surface area contributed by atoms with Gasteiger partial charge in [-0.2, -0.15) is 0 Å². The molecule has 1 aliphatic carbocycles. The molecule has 0 heterocycles. The van der Waals surface area contributed by atoms with Gasteiger partial charge < -0.3 is 10.0 Å². The number of allylic oxidation sites excluding steroid dienone is 5. The third-order valence-corrected chi connectivity index (χ3v) is 5.20. The van der Waals surface area contributed by atoms with Crippen LogP contribution in [0.3, 0.4) is 0 Å². The zero-order chi connectivity index (χ0) is 19.8. The molecule has 0 spiro atoms. The largest absolute Gasteiger partial charge is 0.393 e. The second-order valence-corrected chi connectivity index (χ2v) is 7.14. The maximum Gasteiger partial charge on any atom is 0.230 e. The SMILES string of the molecule is C=C/C=C(\C)c1ccc(CN(C(=O)[C@@H]2CCC[C@H](O)C2)/C(C=C)=C/C)cc1. The predicted molar refractivity (Wildman–Crippen MR) is 113 cm³/mol. The van der Waals surface area contributed by atoms with Crippen LogP contribution in [0.15, 0.2) is 67.4 Å². The van der Waals surface area contributed by atoms with Crippen molar-refractivity contribution in [2.75, 3.05) is 0 Å². The molecule has 27 heavy (non-hydrogen) atoms. The average Bonchev–Trinajstić information content (AvgIpc) is 2.68. The zero-order valence-electron chi connectivity index (χ0n) is 16.5. The first-order chi connectivity index (χ1) is 13.0. The number of hydrogen-bond acceptors (Lipinski definition) is 2. The van der Waals surface area contributed by atoms with Crippen LogP contribution in [-0.4, -0.2) is 22.0 Å². The van der Waals surface area contributed by atoms with Crippen molar-refractivity contribution in [3.05, 3.63) is 78.6 Å². The Morgan fingerprint density at radius 2 is 1.96 bits per heavy atom.